The van der Waals surface area contributed by atoms with Crippen molar-refractivity contribution in [2.24, 2.45) is 23.7 Å². The number of fused-ring (bicyclic) bond motifs is 2. The average Bonchev–Trinajstić information content (AvgIpc) is 2.37. The molecule has 21 heavy (non-hydrogen) atoms. The molecule has 3 aliphatic carbocycles. The van der Waals surface area contributed by atoms with Crippen LogP contribution in [0.5, 0.6) is 0 Å². The molecule has 0 aromatic heterocycles. The molecule has 5 atom stereocenters. The number of esters is 1. The summed E-state index contributed by atoms with van der Waals surface area (Å²) in [5, 5.41) is -4.89. The van der Waals surface area contributed by atoms with E-state index in [1.165, 1.54) is 6.42 Å². The first-order valence-electron chi connectivity index (χ1n) is 7.24. The highest BCUT2D eigenvalue weighted by Crippen LogP contribution is 2.53. The number of hydrogen-bond donors (Lipinski definition) is 1. The number of carbonyl (C=O) groups is 1. The van der Waals surface area contributed by atoms with E-state index in [-0.39, 0.29) is 5.92 Å². The second-order valence-corrected chi connectivity index (χ2v) is 8.06. The minimum Gasteiger partial charge on any atom is -0.457 e. The average molecular weight is 324 g/mol. The lowest BCUT2D eigenvalue weighted by atomic mass is 9.57. The number of halogens is 2. The van der Waals surface area contributed by atoms with Gasteiger partial charge in [0.2, 0.25) is 0 Å². The Bertz CT molecular complexity index is 545. The Labute approximate surface area is 121 Å². The SMILES string of the molecule is O=C(OC1CC2CCC3CC2CC1C3)C(F)(F)S(=O)(=O)O. The van der Waals surface area contributed by atoms with Gasteiger partial charge in [0.25, 0.3) is 0 Å². The monoisotopic (exact) mass is 324 g/mol. The first kappa shape index (κ1) is 15.1. The largest absolute Gasteiger partial charge is 0.465 e. The molecule has 0 amide bonds. The van der Waals surface area contributed by atoms with Gasteiger partial charge in [0.15, 0.2) is 0 Å². The molecule has 1 N–H and O–H groups in total. The third-order valence-electron chi connectivity index (χ3n) is 5.37. The van der Waals surface area contributed by atoms with Gasteiger partial charge in [-0.1, -0.05) is 6.42 Å². The number of ether oxygens (including phenoxy) is 1. The maximum Gasteiger partial charge on any atom is 0.465 e. The maximum absolute atomic E-state index is 13.3. The second kappa shape index (κ2) is 4.87. The smallest absolute Gasteiger partial charge is 0.457 e. The molecule has 3 rings (SSSR count). The Morgan fingerprint density at radius 2 is 1.71 bits per heavy atom. The van der Waals surface area contributed by atoms with E-state index in [0.717, 1.165) is 25.7 Å². The minimum atomic E-state index is -5.79. The molecule has 5 nitrogen and oxygen atoms in total. The van der Waals surface area contributed by atoms with Crippen LogP contribution in [0.3, 0.4) is 0 Å². The van der Waals surface area contributed by atoms with Crippen molar-refractivity contribution in [2.45, 2.75) is 49.9 Å². The fourth-order valence-electron chi connectivity index (χ4n) is 4.40. The van der Waals surface area contributed by atoms with E-state index in [1.807, 2.05) is 0 Å². The Balaban J connectivity index is 1.73. The zero-order valence-corrected chi connectivity index (χ0v) is 12.2. The molecule has 0 aromatic rings. The maximum atomic E-state index is 13.3. The summed E-state index contributed by atoms with van der Waals surface area (Å²) in [6, 6.07) is 0. The van der Waals surface area contributed by atoms with Crippen LogP contribution in [0.4, 0.5) is 8.78 Å². The lowest BCUT2D eigenvalue weighted by Gasteiger charge is -2.51. The van der Waals surface area contributed by atoms with Crippen molar-refractivity contribution in [3.8, 4) is 0 Å². The van der Waals surface area contributed by atoms with E-state index in [0.29, 0.717) is 24.2 Å². The van der Waals surface area contributed by atoms with Crippen LogP contribution in [0.2, 0.25) is 0 Å². The van der Waals surface area contributed by atoms with E-state index >= 15 is 0 Å². The standard InChI is InChI=1S/C13H18F2O5S/c14-13(15,21(17,18)19)12(16)20-11-6-8-2-1-7-3-9(8)5-10(11)4-7/h7-11H,1-6H2,(H,17,18,19). The minimum absolute atomic E-state index is 0.0337. The van der Waals surface area contributed by atoms with Gasteiger partial charge in [0.1, 0.15) is 6.10 Å². The van der Waals surface area contributed by atoms with Gasteiger partial charge in [-0.2, -0.15) is 17.2 Å². The fraction of sp³-hybridized carbons (Fsp3) is 0.923. The molecule has 3 fully saturated rings. The summed E-state index contributed by atoms with van der Waals surface area (Å²) < 4.78 is 61.0. The van der Waals surface area contributed by atoms with Crippen LogP contribution >= 0.6 is 0 Å². The van der Waals surface area contributed by atoms with Gasteiger partial charge in [-0.25, -0.2) is 4.79 Å². The van der Waals surface area contributed by atoms with Crippen molar-refractivity contribution < 1.29 is 31.3 Å². The Hall–Kier alpha value is -0.760. The number of hydrogen-bond acceptors (Lipinski definition) is 4. The van der Waals surface area contributed by atoms with Gasteiger partial charge in [-0.15, -0.1) is 0 Å². The van der Waals surface area contributed by atoms with Crippen LogP contribution in [-0.2, 0) is 19.6 Å². The molecule has 0 aromatic carbocycles. The summed E-state index contributed by atoms with van der Waals surface area (Å²) in [5.74, 6) is -0.607. The zero-order chi connectivity index (χ0) is 15.4. The van der Waals surface area contributed by atoms with Crippen LogP contribution < -0.4 is 0 Å². The highest BCUT2D eigenvalue weighted by atomic mass is 32.2. The Morgan fingerprint density at radius 1 is 1.05 bits per heavy atom. The highest BCUT2D eigenvalue weighted by molar-refractivity contribution is 7.87. The van der Waals surface area contributed by atoms with Gasteiger partial charge in [0.05, 0.1) is 0 Å². The predicted molar refractivity (Wildman–Crippen MR) is 68.0 cm³/mol. The van der Waals surface area contributed by atoms with E-state index in [1.54, 1.807) is 0 Å². The lowest BCUT2D eigenvalue weighted by Crippen LogP contribution is -2.48. The van der Waals surface area contributed by atoms with Crippen molar-refractivity contribution in [1.82, 2.24) is 0 Å². The summed E-state index contributed by atoms with van der Waals surface area (Å²) in [7, 11) is -5.79. The topological polar surface area (TPSA) is 80.7 Å². The molecule has 0 radical (unpaired) electrons. The van der Waals surface area contributed by atoms with Crippen LogP contribution in [0.15, 0.2) is 0 Å². The van der Waals surface area contributed by atoms with E-state index in [2.05, 4.69) is 0 Å². The third kappa shape index (κ3) is 2.56. The first-order chi connectivity index (χ1) is 9.68. The van der Waals surface area contributed by atoms with Crippen LogP contribution in [0.1, 0.15) is 38.5 Å². The zero-order valence-electron chi connectivity index (χ0n) is 11.4. The van der Waals surface area contributed by atoms with Crippen molar-refractivity contribution in [2.75, 3.05) is 0 Å². The van der Waals surface area contributed by atoms with Gasteiger partial charge in [-0.3, -0.25) is 4.55 Å². The summed E-state index contributed by atoms with van der Waals surface area (Å²) in [4.78, 5) is 11.4. The van der Waals surface area contributed by atoms with E-state index < -0.39 is 27.4 Å². The quantitative estimate of drug-likeness (QED) is 0.636. The van der Waals surface area contributed by atoms with Crippen molar-refractivity contribution in [1.29, 1.82) is 0 Å². The normalized spacial score (nSPS) is 39.1. The molecule has 0 heterocycles. The lowest BCUT2D eigenvalue weighted by molar-refractivity contribution is -0.178. The molecule has 120 valence electrons. The second-order valence-electron chi connectivity index (χ2n) is 6.60. The van der Waals surface area contributed by atoms with Crippen LogP contribution in [0, 0.1) is 23.7 Å². The van der Waals surface area contributed by atoms with Gasteiger partial charge >= 0.3 is 21.3 Å². The molecule has 5 unspecified atom stereocenters. The molecular weight excluding hydrogens is 306 g/mol. The number of carbonyl (C=O) groups excluding carboxylic acids is 1. The van der Waals surface area contributed by atoms with E-state index in [9.17, 15) is 22.0 Å². The molecule has 3 saturated carbocycles. The van der Waals surface area contributed by atoms with Gasteiger partial charge in [0, 0.05) is 0 Å². The molecule has 8 heteroatoms. The molecule has 0 saturated heterocycles. The van der Waals surface area contributed by atoms with Crippen molar-refractivity contribution in [3.63, 3.8) is 0 Å². The highest BCUT2D eigenvalue weighted by Gasteiger charge is 2.56. The number of rotatable bonds is 3. The molecule has 3 bridgehead atoms. The van der Waals surface area contributed by atoms with Crippen LogP contribution in [-0.4, -0.2) is 30.3 Å². The van der Waals surface area contributed by atoms with E-state index in [4.69, 9.17) is 9.29 Å². The van der Waals surface area contributed by atoms with Crippen molar-refractivity contribution in [3.05, 3.63) is 0 Å². The Morgan fingerprint density at radius 3 is 2.38 bits per heavy atom. The third-order valence-corrected chi connectivity index (χ3v) is 6.19. The van der Waals surface area contributed by atoms with Gasteiger partial charge in [-0.05, 0) is 55.8 Å². The number of alkyl halides is 2. The summed E-state index contributed by atoms with van der Waals surface area (Å²) in [6.07, 6.45) is 4.90. The fourth-order valence-corrected chi connectivity index (χ4v) is 4.66. The molecular formula is C13H18F2O5S. The predicted octanol–water partition coefficient (Wildman–Crippen LogP) is 2.23. The molecule has 0 spiro atoms. The van der Waals surface area contributed by atoms with Gasteiger partial charge < -0.3 is 4.74 Å². The molecule has 0 aliphatic heterocycles. The first-order valence-corrected chi connectivity index (χ1v) is 8.68. The summed E-state index contributed by atoms with van der Waals surface area (Å²) in [5.41, 5.74) is 0. The summed E-state index contributed by atoms with van der Waals surface area (Å²) in [6.45, 7) is 0. The molecule has 3 aliphatic rings. The van der Waals surface area contributed by atoms with Crippen LogP contribution in [0.25, 0.3) is 0 Å². The summed E-state index contributed by atoms with van der Waals surface area (Å²) >= 11 is 0. The Kier molecular flexibility index (Phi) is 3.52. The van der Waals surface area contributed by atoms with Crippen molar-refractivity contribution >= 4 is 16.1 Å².